The van der Waals surface area contributed by atoms with Crippen LogP contribution in [0.15, 0.2) is 48.0 Å². The number of nitrogens with two attached hydrogens (primary N) is 1. The number of aromatic amines is 1. The number of nitrogens with one attached hydrogen (secondary N) is 2. The number of aromatic nitrogens is 1. The zero-order chi connectivity index (χ0) is 16.9. The molecule has 3 aromatic rings. The van der Waals surface area contributed by atoms with Gasteiger partial charge in [0.15, 0.2) is 6.04 Å². The van der Waals surface area contributed by atoms with E-state index in [1.165, 1.54) is 15.8 Å². The van der Waals surface area contributed by atoms with Crippen LogP contribution >= 0.6 is 11.3 Å². The van der Waals surface area contributed by atoms with Crippen molar-refractivity contribution in [1.82, 2.24) is 10.3 Å². The number of rotatable bonds is 7. The number of carbonyl (C=O) groups excluding carboxylic acids is 1. The van der Waals surface area contributed by atoms with Crippen molar-refractivity contribution >= 4 is 28.1 Å². The highest BCUT2D eigenvalue weighted by Gasteiger charge is 2.23. The number of hydrogen-bond acceptors (Lipinski definition) is 2. The highest BCUT2D eigenvalue weighted by Crippen LogP contribution is 2.32. The lowest BCUT2D eigenvalue weighted by Crippen LogP contribution is -2.92. The van der Waals surface area contributed by atoms with Gasteiger partial charge in [-0.3, -0.25) is 4.79 Å². The average molecular weight is 342 g/mol. The van der Waals surface area contributed by atoms with Gasteiger partial charge in [0.2, 0.25) is 0 Å². The number of benzene rings is 1. The highest BCUT2D eigenvalue weighted by atomic mass is 32.1. The molecule has 0 radical (unpaired) electrons. The van der Waals surface area contributed by atoms with Gasteiger partial charge >= 0.3 is 0 Å². The molecule has 0 bridgehead atoms. The molecule has 1 amide bonds. The fourth-order valence-electron chi connectivity index (χ4n) is 3.05. The Morgan fingerprint density at radius 3 is 2.88 bits per heavy atom. The molecule has 2 aromatic heterocycles. The number of likely N-dealkylation sites (N-methyl/N-ethyl adjacent to an activating group) is 1. The molecule has 126 valence electrons. The van der Waals surface area contributed by atoms with Gasteiger partial charge in [-0.05, 0) is 36.9 Å². The second-order valence-corrected chi connectivity index (χ2v) is 6.99. The lowest BCUT2D eigenvalue weighted by atomic mass is 9.96. The SMILES string of the molecule is CCNC(=O)[C@@H](C)[NH2+]C[C@H](c1cccs1)c1c[nH]c2ccccc12. The molecule has 2 heterocycles. The van der Waals surface area contributed by atoms with Gasteiger partial charge in [-0.2, -0.15) is 0 Å². The van der Waals surface area contributed by atoms with Gasteiger partial charge in [0.1, 0.15) is 0 Å². The standard InChI is InChI=1S/C19H23N3OS/c1-3-20-19(23)13(2)21-12-16(18-9-6-10-24-18)15-11-22-17-8-5-4-7-14(15)17/h4-11,13,16,21-22H,3,12H2,1-2H3,(H,20,23)/p+1/t13-,16+/m1/s1. The number of hydrogen-bond donors (Lipinski definition) is 3. The third kappa shape index (κ3) is 3.52. The Balaban J connectivity index is 1.84. The molecule has 0 fully saturated rings. The zero-order valence-corrected chi connectivity index (χ0v) is 14.9. The van der Waals surface area contributed by atoms with Gasteiger partial charge in [-0.25, -0.2) is 0 Å². The minimum atomic E-state index is -0.0855. The fraction of sp³-hybridized carbons (Fsp3) is 0.316. The zero-order valence-electron chi connectivity index (χ0n) is 14.1. The van der Waals surface area contributed by atoms with E-state index in [1.54, 1.807) is 11.3 Å². The molecule has 2 atom stereocenters. The minimum absolute atomic E-state index is 0.0855. The van der Waals surface area contributed by atoms with Crippen LogP contribution in [0.25, 0.3) is 10.9 Å². The van der Waals surface area contributed by atoms with Crippen LogP contribution in [0.1, 0.15) is 30.2 Å². The summed E-state index contributed by atoms with van der Waals surface area (Å²) in [6.45, 7) is 5.44. The number of fused-ring (bicyclic) bond motifs is 1. The minimum Gasteiger partial charge on any atom is -0.361 e. The van der Waals surface area contributed by atoms with Crippen molar-refractivity contribution in [2.75, 3.05) is 13.1 Å². The average Bonchev–Trinajstić information content (AvgIpc) is 3.25. The molecule has 0 aliphatic carbocycles. The number of quaternary nitrogens is 1. The Bertz CT molecular complexity index is 794. The highest BCUT2D eigenvalue weighted by molar-refractivity contribution is 7.10. The summed E-state index contributed by atoms with van der Waals surface area (Å²) in [6.07, 6.45) is 2.11. The topological polar surface area (TPSA) is 61.5 Å². The third-order valence-electron chi connectivity index (χ3n) is 4.37. The van der Waals surface area contributed by atoms with Crippen LogP contribution in [-0.2, 0) is 4.79 Å². The first-order chi connectivity index (χ1) is 11.7. The smallest absolute Gasteiger partial charge is 0.277 e. The Labute approximate surface area is 146 Å². The van der Waals surface area contributed by atoms with E-state index in [4.69, 9.17) is 0 Å². The van der Waals surface area contributed by atoms with Gasteiger partial charge < -0.3 is 15.6 Å². The van der Waals surface area contributed by atoms with Gasteiger partial charge in [-0.1, -0.05) is 24.3 Å². The predicted molar refractivity (Wildman–Crippen MR) is 99.4 cm³/mol. The fourth-order valence-corrected chi connectivity index (χ4v) is 3.91. The molecule has 3 rings (SSSR count). The van der Waals surface area contributed by atoms with Gasteiger partial charge in [0.25, 0.3) is 5.91 Å². The van der Waals surface area contributed by atoms with Crippen LogP contribution in [0.5, 0.6) is 0 Å². The van der Waals surface area contributed by atoms with Crippen molar-refractivity contribution in [1.29, 1.82) is 0 Å². The Morgan fingerprint density at radius 2 is 2.12 bits per heavy atom. The third-order valence-corrected chi connectivity index (χ3v) is 5.36. The molecule has 0 saturated carbocycles. The summed E-state index contributed by atoms with van der Waals surface area (Å²) in [4.78, 5) is 16.7. The predicted octanol–water partition coefficient (Wildman–Crippen LogP) is 2.45. The van der Waals surface area contributed by atoms with Crippen LogP contribution in [0.2, 0.25) is 0 Å². The van der Waals surface area contributed by atoms with Crippen LogP contribution in [0.3, 0.4) is 0 Å². The van der Waals surface area contributed by atoms with Crippen molar-refractivity contribution < 1.29 is 10.1 Å². The number of H-pyrrole nitrogens is 1. The summed E-state index contributed by atoms with van der Waals surface area (Å²) in [6, 6.07) is 12.6. The molecule has 1 aromatic carbocycles. The van der Waals surface area contributed by atoms with E-state index in [9.17, 15) is 4.79 Å². The molecule has 0 unspecified atom stereocenters. The maximum Gasteiger partial charge on any atom is 0.277 e. The van der Waals surface area contributed by atoms with Crippen molar-refractivity contribution in [2.24, 2.45) is 0 Å². The molecule has 0 spiro atoms. The summed E-state index contributed by atoms with van der Waals surface area (Å²) in [5, 5.41) is 8.41. The Kier molecular flexibility index (Phi) is 5.33. The number of carbonyl (C=O) groups is 1. The van der Waals surface area contributed by atoms with Crippen molar-refractivity contribution in [3.05, 3.63) is 58.4 Å². The maximum atomic E-state index is 12.0. The molecular formula is C19H24N3OS+. The molecule has 0 aliphatic heterocycles. The van der Waals surface area contributed by atoms with Crippen molar-refractivity contribution in [3.63, 3.8) is 0 Å². The molecule has 24 heavy (non-hydrogen) atoms. The monoisotopic (exact) mass is 342 g/mol. The summed E-state index contributed by atoms with van der Waals surface area (Å²) in [5.41, 5.74) is 2.46. The normalized spacial score (nSPS) is 13.8. The van der Waals surface area contributed by atoms with Crippen LogP contribution in [0, 0.1) is 0 Å². The van der Waals surface area contributed by atoms with Crippen LogP contribution in [0.4, 0.5) is 0 Å². The second-order valence-electron chi connectivity index (χ2n) is 6.01. The van der Waals surface area contributed by atoms with E-state index in [-0.39, 0.29) is 17.9 Å². The molecule has 5 heteroatoms. The molecule has 0 saturated heterocycles. The molecule has 4 N–H and O–H groups in total. The van der Waals surface area contributed by atoms with Crippen molar-refractivity contribution in [2.45, 2.75) is 25.8 Å². The molecular weight excluding hydrogens is 318 g/mol. The Morgan fingerprint density at radius 1 is 1.29 bits per heavy atom. The quantitative estimate of drug-likeness (QED) is 0.607. The van der Waals surface area contributed by atoms with Crippen LogP contribution < -0.4 is 10.6 Å². The summed E-state index contributed by atoms with van der Waals surface area (Å²) in [5.74, 6) is 0.374. The summed E-state index contributed by atoms with van der Waals surface area (Å²) in [7, 11) is 0. The van der Waals surface area contributed by atoms with Crippen LogP contribution in [-0.4, -0.2) is 30.0 Å². The first-order valence-corrected chi connectivity index (χ1v) is 9.29. The number of amides is 1. The first-order valence-electron chi connectivity index (χ1n) is 8.41. The van der Waals surface area contributed by atoms with E-state index in [0.717, 1.165) is 12.1 Å². The van der Waals surface area contributed by atoms with E-state index >= 15 is 0 Å². The maximum absolute atomic E-state index is 12.0. The van der Waals surface area contributed by atoms with Gasteiger partial charge in [0.05, 0.1) is 12.5 Å². The van der Waals surface area contributed by atoms with E-state index < -0.39 is 0 Å². The van der Waals surface area contributed by atoms with Gasteiger partial charge in [0, 0.05) is 28.5 Å². The molecule has 4 nitrogen and oxygen atoms in total. The summed E-state index contributed by atoms with van der Waals surface area (Å²) >= 11 is 1.77. The van der Waals surface area contributed by atoms with E-state index in [0.29, 0.717) is 6.54 Å². The molecule has 0 aliphatic rings. The van der Waals surface area contributed by atoms with E-state index in [1.807, 2.05) is 19.9 Å². The largest absolute Gasteiger partial charge is 0.361 e. The van der Waals surface area contributed by atoms with E-state index in [2.05, 4.69) is 57.5 Å². The lowest BCUT2D eigenvalue weighted by molar-refractivity contribution is -0.674. The van der Waals surface area contributed by atoms with Crippen molar-refractivity contribution in [3.8, 4) is 0 Å². The van der Waals surface area contributed by atoms with Gasteiger partial charge in [-0.15, -0.1) is 11.3 Å². The number of thiophene rings is 1. The lowest BCUT2D eigenvalue weighted by Gasteiger charge is -2.17. The number of para-hydroxylation sites is 1. The summed E-state index contributed by atoms with van der Waals surface area (Å²) < 4.78 is 0. The second kappa shape index (κ2) is 7.64. The first kappa shape index (κ1) is 16.7. The Hall–Kier alpha value is -2.11.